The van der Waals surface area contributed by atoms with Gasteiger partial charge in [-0.3, -0.25) is 0 Å². The smallest absolute Gasteiger partial charge is 0.0578 e. The van der Waals surface area contributed by atoms with E-state index in [1.54, 1.807) is 0 Å². The van der Waals surface area contributed by atoms with Crippen molar-refractivity contribution in [1.82, 2.24) is 0 Å². The molecule has 0 spiro atoms. The summed E-state index contributed by atoms with van der Waals surface area (Å²) in [5, 5.41) is 0. The lowest BCUT2D eigenvalue weighted by atomic mass is 10.2. The Labute approximate surface area is 57.7 Å². The van der Waals surface area contributed by atoms with Gasteiger partial charge in [-0.1, -0.05) is 6.08 Å². The zero-order chi connectivity index (χ0) is 7.11. The van der Waals surface area contributed by atoms with Crippen LogP contribution in [0.5, 0.6) is 0 Å². The second-order valence-corrected chi connectivity index (χ2v) is 1.94. The van der Waals surface area contributed by atoms with Crippen molar-refractivity contribution >= 4 is 0 Å². The van der Waals surface area contributed by atoms with Crippen molar-refractivity contribution in [1.29, 1.82) is 0 Å². The van der Waals surface area contributed by atoms with Gasteiger partial charge in [0.1, 0.15) is 0 Å². The van der Waals surface area contributed by atoms with Gasteiger partial charge in [-0.15, -0.1) is 6.58 Å². The topological polar surface area (TPSA) is 9.23 Å². The number of ether oxygens (including phenoxy) is 1. The van der Waals surface area contributed by atoms with Gasteiger partial charge in [-0.2, -0.15) is 0 Å². The van der Waals surface area contributed by atoms with E-state index in [9.17, 15) is 0 Å². The van der Waals surface area contributed by atoms with Crippen LogP contribution in [0.1, 0.15) is 19.8 Å². The zero-order valence-electron chi connectivity index (χ0n) is 6.10. The maximum Gasteiger partial charge on any atom is 0.0578 e. The van der Waals surface area contributed by atoms with Gasteiger partial charge in [-0.25, -0.2) is 0 Å². The first kappa shape index (κ1) is 8.70. The first-order valence-corrected chi connectivity index (χ1v) is 3.36. The lowest BCUT2D eigenvalue weighted by Gasteiger charge is -2.08. The highest BCUT2D eigenvalue weighted by Gasteiger charge is 1.96. The van der Waals surface area contributed by atoms with E-state index in [1.807, 2.05) is 13.0 Å². The summed E-state index contributed by atoms with van der Waals surface area (Å²) >= 11 is 0. The standard InChI is InChI=1S/C8H15O/c1-4-6-7-8(3)9-5-2/h4,8H,1,3,5-7H2,2H3. The van der Waals surface area contributed by atoms with Crippen molar-refractivity contribution in [3.63, 3.8) is 0 Å². The predicted molar refractivity (Wildman–Crippen MR) is 40.2 cm³/mol. The van der Waals surface area contributed by atoms with Gasteiger partial charge in [-0.05, 0) is 26.7 Å². The molecule has 1 radical (unpaired) electrons. The van der Waals surface area contributed by atoms with Crippen molar-refractivity contribution in [2.24, 2.45) is 0 Å². The Morgan fingerprint density at radius 3 is 2.78 bits per heavy atom. The Hall–Kier alpha value is -0.300. The minimum atomic E-state index is 0.146. The molecule has 0 saturated heterocycles. The summed E-state index contributed by atoms with van der Waals surface area (Å²) < 4.78 is 5.18. The highest BCUT2D eigenvalue weighted by atomic mass is 16.5. The fourth-order valence-electron chi connectivity index (χ4n) is 0.623. The summed E-state index contributed by atoms with van der Waals surface area (Å²) in [7, 11) is 0. The maximum atomic E-state index is 5.18. The Morgan fingerprint density at radius 1 is 1.67 bits per heavy atom. The SMILES string of the molecule is [CH2]C(CCC=C)OCC. The Kier molecular flexibility index (Phi) is 5.64. The summed E-state index contributed by atoms with van der Waals surface area (Å²) in [4.78, 5) is 0. The van der Waals surface area contributed by atoms with Gasteiger partial charge in [0, 0.05) is 6.61 Å². The van der Waals surface area contributed by atoms with Crippen LogP contribution < -0.4 is 0 Å². The number of allylic oxidation sites excluding steroid dienone is 1. The highest BCUT2D eigenvalue weighted by molar-refractivity contribution is 4.70. The van der Waals surface area contributed by atoms with Crippen LogP contribution in [-0.2, 0) is 4.74 Å². The maximum absolute atomic E-state index is 5.18. The fourth-order valence-corrected chi connectivity index (χ4v) is 0.623. The van der Waals surface area contributed by atoms with E-state index in [2.05, 4.69) is 13.5 Å². The molecule has 0 aromatic rings. The van der Waals surface area contributed by atoms with Crippen LogP contribution in [0, 0.1) is 6.92 Å². The summed E-state index contributed by atoms with van der Waals surface area (Å²) in [5.74, 6) is 0. The van der Waals surface area contributed by atoms with Crippen LogP contribution in [0.3, 0.4) is 0 Å². The van der Waals surface area contributed by atoms with Crippen molar-refractivity contribution in [3.05, 3.63) is 19.6 Å². The minimum Gasteiger partial charge on any atom is -0.378 e. The van der Waals surface area contributed by atoms with Crippen LogP contribution in [0.4, 0.5) is 0 Å². The van der Waals surface area contributed by atoms with Crippen LogP contribution in [0.25, 0.3) is 0 Å². The predicted octanol–water partition coefficient (Wildman–Crippen LogP) is 2.19. The average Bonchev–Trinajstić information content (AvgIpc) is 1.85. The molecule has 1 heteroatoms. The lowest BCUT2D eigenvalue weighted by molar-refractivity contribution is 0.0891. The third-order valence-corrected chi connectivity index (χ3v) is 1.10. The molecule has 53 valence electrons. The van der Waals surface area contributed by atoms with Crippen LogP contribution in [0.15, 0.2) is 12.7 Å². The average molecular weight is 127 g/mol. The molecular formula is C8H15O. The normalized spacial score (nSPS) is 13.1. The molecule has 1 nitrogen and oxygen atoms in total. The first-order chi connectivity index (χ1) is 4.31. The third-order valence-electron chi connectivity index (χ3n) is 1.10. The molecule has 0 N–H and O–H groups in total. The molecule has 9 heavy (non-hydrogen) atoms. The molecule has 0 heterocycles. The van der Waals surface area contributed by atoms with Crippen molar-refractivity contribution in [2.45, 2.75) is 25.9 Å². The first-order valence-electron chi connectivity index (χ1n) is 3.36. The van der Waals surface area contributed by atoms with E-state index in [0.29, 0.717) is 0 Å². The van der Waals surface area contributed by atoms with Crippen LogP contribution in [-0.4, -0.2) is 12.7 Å². The van der Waals surface area contributed by atoms with Gasteiger partial charge >= 0.3 is 0 Å². The fraction of sp³-hybridized carbons (Fsp3) is 0.625. The van der Waals surface area contributed by atoms with E-state index in [-0.39, 0.29) is 6.10 Å². The summed E-state index contributed by atoms with van der Waals surface area (Å²) in [6.45, 7) is 10.1. The number of rotatable bonds is 5. The van der Waals surface area contributed by atoms with E-state index in [4.69, 9.17) is 4.74 Å². The Bertz CT molecular complexity index is 69.0. The quantitative estimate of drug-likeness (QED) is 0.514. The van der Waals surface area contributed by atoms with Gasteiger partial charge in [0.2, 0.25) is 0 Å². The molecule has 0 aromatic carbocycles. The van der Waals surface area contributed by atoms with Crippen LogP contribution in [0.2, 0.25) is 0 Å². The summed E-state index contributed by atoms with van der Waals surface area (Å²) in [6.07, 6.45) is 4.01. The summed E-state index contributed by atoms with van der Waals surface area (Å²) in [5.41, 5.74) is 0. The molecule has 0 rings (SSSR count). The number of hydrogen-bond acceptors (Lipinski definition) is 1. The monoisotopic (exact) mass is 127 g/mol. The summed E-state index contributed by atoms with van der Waals surface area (Å²) in [6, 6.07) is 0. The molecule has 0 bridgehead atoms. The molecule has 0 aromatic heterocycles. The second kappa shape index (κ2) is 5.83. The third kappa shape index (κ3) is 5.57. The van der Waals surface area contributed by atoms with Crippen molar-refractivity contribution in [2.75, 3.05) is 6.61 Å². The molecule has 0 fully saturated rings. The van der Waals surface area contributed by atoms with Crippen molar-refractivity contribution in [3.8, 4) is 0 Å². The number of hydrogen-bond donors (Lipinski definition) is 0. The van der Waals surface area contributed by atoms with E-state index >= 15 is 0 Å². The van der Waals surface area contributed by atoms with Crippen molar-refractivity contribution < 1.29 is 4.74 Å². The molecule has 0 aliphatic heterocycles. The van der Waals surface area contributed by atoms with E-state index in [1.165, 1.54) is 0 Å². The Morgan fingerprint density at radius 2 is 2.33 bits per heavy atom. The molecule has 1 atom stereocenters. The minimum absolute atomic E-state index is 0.146. The van der Waals surface area contributed by atoms with Gasteiger partial charge in [0.25, 0.3) is 0 Å². The lowest BCUT2D eigenvalue weighted by Crippen LogP contribution is -2.06. The van der Waals surface area contributed by atoms with Gasteiger partial charge in [0.05, 0.1) is 6.10 Å². The molecule has 1 unspecified atom stereocenters. The molecule has 0 amide bonds. The van der Waals surface area contributed by atoms with E-state index in [0.717, 1.165) is 19.4 Å². The van der Waals surface area contributed by atoms with Gasteiger partial charge < -0.3 is 4.74 Å². The molecule has 0 saturated carbocycles. The second-order valence-electron chi connectivity index (χ2n) is 1.94. The van der Waals surface area contributed by atoms with E-state index < -0.39 is 0 Å². The van der Waals surface area contributed by atoms with Crippen LogP contribution >= 0.6 is 0 Å². The molecule has 0 aliphatic rings. The molecule has 0 aliphatic carbocycles. The largest absolute Gasteiger partial charge is 0.378 e. The van der Waals surface area contributed by atoms with Gasteiger partial charge in [0.15, 0.2) is 0 Å². The Balaban J connectivity index is 3.04. The molecular weight excluding hydrogens is 112 g/mol. The highest BCUT2D eigenvalue weighted by Crippen LogP contribution is 1.99. The zero-order valence-corrected chi connectivity index (χ0v) is 6.10.